The number of rotatable bonds is 7. The van der Waals surface area contributed by atoms with Crippen LogP contribution < -0.4 is 5.32 Å². The van der Waals surface area contributed by atoms with E-state index >= 15 is 4.39 Å². The molecule has 0 spiro atoms. The molecule has 190 valence electrons. The lowest BCUT2D eigenvalue weighted by Gasteiger charge is -2.11. The van der Waals surface area contributed by atoms with Gasteiger partial charge in [0, 0.05) is 53.4 Å². The summed E-state index contributed by atoms with van der Waals surface area (Å²) in [7, 11) is 0. The Bertz CT molecular complexity index is 1730. The van der Waals surface area contributed by atoms with Crippen molar-refractivity contribution < 1.29 is 4.39 Å². The molecular formula is C28H25FN8S. The van der Waals surface area contributed by atoms with Crippen LogP contribution in [0.5, 0.6) is 0 Å². The number of aromatic amines is 2. The third-order valence-corrected chi connectivity index (χ3v) is 7.98. The van der Waals surface area contributed by atoms with Gasteiger partial charge in [0.05, 0.1) is 16.6 Å². The molecule has 0 radical (unpaired) electrons. The minimum Gasteiger partial charge on any atom is -0.337 e. The number of nitrogens with zero attached hydrogens (tertiary/aromatic N) is 5. The smallest absolute Gasteiger partial charge is 0.184 e. The Morgan fingerprint density at radius 2 is 2.00 bits per heavy atom. The second-order valence-corrected chi connectivity index (χ2v) is 10.6. The molecule has 0 atom stereocenters. The number of nitrogens with one attached hydrogen (secondary N) is 3. The predicted molar refractivity (Wildman–Crippen MR) is 147 cm³/mol. The molecule has 6 aromatic heterocycles. The molecule has 0 saturated heterocycles. The van der Waals surface area contributed by atoms with E-state index in [1.54, 1.807) is 23.7 Å². The number of fused-ring (bicyclic) bond motifs is 2. The highest BCUT2D eigenvalue weighted by molar-refractivity contribution is 7.08. The monoisotopic (exact) mass is 524 g/mol. The number of imidazole rings is 1. The second-order valence-electron chi connectivity index (χ2n) is 9.80. The quantitative estimate of drug-likeness (QED) is 0.233. The highest BCUT2D eigenvalue weighted by Crippen LogP contribution is 2.34. The Hall–Kier alpha value is -4.02. The van der Waals surface area contributed by atoms with Crippen LogP contribution >= 0.6 is 11.3 Å². The molecular weight excluding hydrogens is 499 g/mol. The van der Waals surface area contributed by atoms with Gasteiger partial charge in [0.2, 0.25) is 0 Å². The average Bonchev–Trinajstić information content (AvgIpc) is 3.75. The standard InChI is InChI=1S/C28H25FN8S/c29-23-20(19-9-17(12-31-13-19)11-30-10-16-3-1-2-4-16)14-33-27-22(23)26(36-37-27)28-34-21-5-7-32-24(25(21)35-28)18-6-8-38-15-18/h5-9,12-16,30H,1-4,10-11H2,(H,34,35)(H,33,36,37). The Labute approximate surface area is 221 Å². The Morgan fingerprint density at radius 3 is 2.87 bits per heavy atom. The van der Waals surface area contributed by atoms with E-state index in [0.29, 0.717) is 34.8 Å². The SMILES string of the molecule is Fc1c(-c2cncc(CNCC3CCCC3)c2)cnc2n[nH]c(-c3nc4c(-c5ccsc5)nccc4[nH]3)c12. The van der Waals surface area contributed by atoms with Gasteiger partial charge in [-0.1, -0.05) is 12.8 Å². The molecule has 0 aliphatic heterocycles. The summed E-state index contributed by atoms with van der Waals surface area (Å²) in [5.74, 6) is 0.825. The van der Waals surface area contributed by atoms with Gasteiger partial charge in [-0.05, 0) is 54.4 Å². The largest absolute Gasteiger partial charge is 0.337 e. The zero-order chi connectivity index (χ0) is 25.5. The highest BCUT2D eigenvalue weighted by atomic mass is 32.1. The molecule has 1 saturated carbocycles. The van der Waals surface area contributed by atoms with E-state index in [0.717, 1.165) is 40.3 Å². The van der Waals surface area contributed by atoms with E-state index in [2.05, 4.69) is 35.5 Å². The van der Waals surface area contributed by atoms with E-state index in [1.807, 2.05) is 35.2 Å². The summed E-state index contributed by atoms with van der Waals surface area (Å²) < 4.78 is 16.1. The third-order valence-electron chi connectivity index (χ3n) is 7.29. The van der Waals surface area contributed by atoms with Gasteiger partial charge in [0.15, 0.2) is 11.5 Å². The lowest BCUT2D eigenvalue weighted by Crippen LogP contribution is -2.20. The molecule has 3 N–H and O–H groups in total. The van der Waals surface area contributed by atoms with E-state index < -0.39 is 5.82 Å². The summed E-state index contributed by atoms with van der Waals surface area (Å²) in [4.78, 5) is 21.4. The van der Waals surface area contributed by atoms with Crippen LogP contribution in [0.3, 0.4) is 0 Å². The van der Waals surface area contributed by atoms with Gasteiger partial charge >= 0.3 is 0 Å². The van der Waals surface area contributed by atoms with E-state index in [1.165, 1.54) is 31.9 Å². The van der Waals surface area contributed by atoms with E-state index in [9.17, 15) is 0 Å². The maximum atomic E-state index is 16.1. The summed E-state index contributed by atoms with van der Waals surface area (Å²) in [5.41, 5.74) is 6.10. The molecule has 0 aromatic carbocycles. The zero-order valence-corrected chi connectivity index (χ0v) is 21.4. The number of H-pyrrole nitrogens is 2. The highest BCUT2D eigenvalue weighted by Gasteiger charge is 2.21. The molecule has 8 nitrogen and oxygen atoms in total. The molecule has 1 aliphatic carbocycles. The summed E-state index contributed by atoms with van der Waals surface area (Å²) in [6.45, 7) is 1.71. The summed E-state index contributed by atoms with van der Waals surface area (Å²) in [5, 5.41) is 15.1. The second kappa shape index (κ2) is 9.70. The van der Waals surface area contributed by atoms with Gasteiger partial charge in [-0.2, -0.15) is 16.4 Å². The minimum atomic E-state index is -0.409. The van der Waals surface area contributed by atoms with Crippen molar-refractivity contribution >= 4 is 33.4 Å². The fourth-order valence-electron chi connectivity index (χ4n) is 5.35. The molecule has 0 unspecified atom stereocenters. The fraction of sp³-hybridized carbons (Fsp3) is 0.250. The number of pyridine rings is 3. The minimum absolute atomic E-state index is 0.288. The van der Waals surface area contributed by atoms with Crippen molar-refractivity contribution in [1.29, 1.82) is 0 Å². The molecule has 38 heavy (non-hydrogen) atoms. The normalized spacial score (nSPS) is 14.2. The van der Waals surface area contributed by atoms with Crippen molar-refractivity contribution in [1.82, 2.24) is 40.4 Å². The van der Waals surface area contributed by atoms with Crippen LogP contribution in [0, 0.1) is 11.7 Å². The van der Waals surface area contributed by atoms with Crippen LogP contribution in [0.4, 0.5) is 4.39 Å². The van der Waals surface area contributed by atoms with Crippen molar-refractivity contribution in [2.75, 3.05) is 6.54 Å². The Morgan fingerprint density at radius 1 is 1.08 bits per heavy atom. The maximum Gasteiger partial charge on any atom is 0.184 e. The average molecular weight is 525 g/mol. The Balaban J connectivity index is 1.23. The number of aromatic nitrogens is 7. The van der Waals surface area contributed by atoms with Gasteiger partial charge in [0.25, 0.3) is 0 Å². The van der Waals surface area contributed by atoms with Gasteiger partial charge in [-0.3, -0.25) is 15.1 Å². The van der Waals surface area contributed by atoms with E-state index in [-0.39, 0.29) is 5.39 Å². The fourth-order valence-corrected chi connectivity index (χ4v) is 5.99. The molecule has 0 bridgehead atoms. The topological polar surface area (TPSA) is 108 Å². The molecule has 6 aromatic rings. The lowest BCUT2D eigenvalue weighted by molar-refractivity contribution is 0.489. The third kappa shape index (κ3) is 4.15. The van der Waals surface area contributed by atoms with Crippen molar-refractivity contribution in [3.05, 3.63) is 65.1 Å². The zero-order valence-electron chi connectivity index (χ0n) is 20.5. The molecule has 1 fully saturated rings. The summed E-state index contributed by atoms with van der Waals surface area (Å²) in [6, 6.07) is 5.84. The van der Waals surface area contributed by atoms with Crippen LogP contribution in [0.1, 0.15) is 31.2 Å². The van der Waals surface area contributed by atoms with Crippen LogP contribution in [0.15, 0.2) is 53.7 Å². The predicted octanol–water partition coefficient (Wildman–Crippen LogP) is 6.11. The molecule has 6 heterocycles. The van der Waals surface area contributed by atoms with Crippen LogP contribution in [0.2, 0.25) is 0 Å². The number of hydrogen-bond donors (Lipinski definition) is 3. The van der Waals surface area contributed by atoms with Crippen molar-refractivity contribution in [3.63, 3.8) is 0 Å². The summed E-state index contributed by atoms with van der Waals surface area (Å²) >= 11 is 1.60. The van der Waals surface area contributed by atoms with Gasteiger partial charge in [0.1, 0.15) is 17.0 Å². The van der Waals surface area contributed by atoms with Crippen molar-refractivity contribution in [3.8, 4) is 33.9 Å². The van der Waals surface area contributed by atoms with Gasteiger partial charge in [-0.25, -0.2) is 14.4 Å². The van der Waals surface area contributed by atoms with Crippen LogP contribution in [-0.2, 0) is 6.54 Å². The summed E-state index contributed by atoms with van der Waals surface area (Å²) in [6.07, 6.45) is 12.0. The molecule has 7 rings (SSSR count). The molecule has 0 amide bonds. The first-order valence-electron chi connectivity index (χ1n) is 12.8. The Kier molecular flexibility index (Phi) is 5.90. The number of thiophene rings is 1. The first kappa shape index (κ1) is 23.1. The first-order chi connectivity index (χ1) is 18.7. The van der Waals surface area contributed by atoms with Crippen LogP contribution in [-0.4, -0.2) is 41.7 Å². The van der Waals surface area contributed by atoms with E-state index in [4.69, 9.17) is 4.98 Å². The first-order valence-corrected chi connectivity index (χ1v) is 13.7. The van der Waals surface area contributed by atoms with Gasteiger partial charge < -0.3 is 10.3 Å². The molecule has 10 heteroatoms. The van der Waals surface area contributed by atoms with Crippen molar-refractivity contribution in [2.24, 2.45) is 5.92 Å². The van der Waals surface area contributed by atoms with Crippen molar-refractivity contribution in [2.45, 2.75) is 32.2 Å². The van der Waals surface area contributed by atoms with Crippen LogP contribution in [0.25, 0.3) is 56.0 Å². The maximum absolute atomic E-state index is 16.1. The van der Waals surface area contributed by atoms with Gasteiger partial charge in [-0.15, -0.1) is 0 Å². The number of halogens is 1. The lowest BCUT2D eigenvalue weighted by atomic mass is 10.0. The number of hydrogen-bond acceptors (Lipinski definition) is 7. The molecule has 1 aliphatic rings.